The number of halogens is 1. The fraction of sp³-hybridized carbons (Fsp3) is 0.409. The molecule has 1 atom stereocenters. The van der Waals surface area contributed by atoms with Crippen LogP contribution in [0.2, 0.25) is 0 Å². The summed E-state index contributed by atoms with van der Waals surface area (Å²) < 4.78 is 22.8. The molecule has 0 spiro atoms. The number of hydrogen-bond donors (Lipinski definition) is 1. The Morgan fingerprint density at radius 2 is 1.72 bits per heavy atom. The van der Waals surface area contributed by atoms with Gasteiger partial charge < -0.3 is 4.74 Å². The number of methoxy groups -OCH3 is 1. The van der Waals surface area contributed by atoms with E-state index in [0.717, 1.165) is 23.4 Å². The molecular weight excluding hydrogens is 485 g/mol. The first-order valence-electron chi connectivity index (χ1n) is 9.28. The molecule has 0 bridgehead atoms. The normalized spacial score (nSPS) is 20.3. The third kappa shape index (κ3) is 5.02. The van der Waals surface area contributed by atoms with Crippen molar-refractivity contribution in [3.63, 3.8) is 0 Å². The van der Waals surface area contributed by atoms with Gasteiger partial charge in [-0.1, -0.05) is 13.8 Å². The SMILES string of the molecule is COI(C)C(=O)Nc1ccc(Oc2ccc3c(c2)OC(C)(OC)CC3(C)C)cc1. The second kappa shape index (κ2) is 8.49. The summed E-state index contributed by atoms with van der Waals surface area (Å²) in [5, 5.41) is 2.87. The number of alkyl halides is 1. The van der Waals surface area contributed by atoms with Crippen LogP contribution in [-0.2, 0) is 13.2 Å². The van der Waals surface area contributed by atoms with Crippen molar-refractivity contribution in [2.45, 2.75) is 38.4 Å². The van der Waals surface area contributed by atoms with E-state index in [1.54, 1.807) is 14.2 Å². The Kier molecular flexibility index (Phi) is 6.40. The number of carbonyl (C=O) groups excluding carboxylic acids is 1. The Morgan fingerprint density at radius 3 is 2.34 bits per heavy atom. The summed E-state index contributed by atoms with van der Waals surface area (Å²) in [5.41, 5.74) is 1.78. The Morgan fingerprint density at radius 1 is 1.07 bits per heavy atom. The predicted octanol–water partition coefficient (Wildman–Crippen LogP) is 6.13. The minimum atomic E-state index is -2.03. The average Bonchev–Trinajstić information content (AvgIpc) is 2.67. The molecule has 0 aromatic heterocycles. The van der Waals surface area contributed by atoms with E-state index in [1.807, 2.05) is 54.3 Å². The van der Waals surface area contributed by atoms with Crippen molar-refractivity contribution in [1.82, 2.24) is 0 Å². The number of benzene rings is 2. The van der Waals surface area contributed by atoms with E-state index in [9.17, 15) is 4.79 Å². The number of carbonyl (C=O) groups is 1. The topological polar surface area (TPSA) is 66.0 Å². The molecule has 3 rings (SSSR count). The van der Waals surface area contributed by atoms with Crippen LogP contribution in [0.1, 0.15) is 32.8 Å². The molecule has 0 radical (unpaired) electrons. The van der Waals surface area contributed by atoms with Crippen LogP contribution in [0.5, 0.6) is 17.2 Å². The van der Waals surface area contributed by atoms with Crippen LogP contribution in [0, 0.1) is 0 Å². The van der Waals surface area contributed by atoms with Gasteiger partial charge in [0.15, 0.2) is 0 Å². The Hall–Kier alpha value is -1.84. The molecule has 0 saturated heterocycles. The summed E-state index contributed by atoms with van der Waals surface area (Å²) >= 11 is -2.03. The van der Waals surface area contributed by atoms with Crippen LogP contribution in [0.15, 0.2) is 42.5 Å². The summed E-state index contributed by atoms with van der Waals surface area (Å²) in [4.78, 5) is 13.8. The van der Waals surface area contributed by atoms with E-state index in [2.05, 4.69) is 19.2 Å². The quantitative estimate of drug-likeness (QED) is 0.218. The summed E-state index contributed by atoms with van der Waals surface area (Å²) in [6.07, 6.45) is 0.766. The van der Waals surface area contributed by atoms with Crippen LogP contribution in [0.4, 0.5) is 10.5 Å². The Bertz CT molecular complexity index is 883. The number of amides is 1. The number of anilines is 1. The van der Waals surface area contributed by atoms with Gasteiger partial charge in [-0.3, -0.25) is 0 Å². The van der Waals surface area contributed by atoms with Crippen molar-refractivity contribution in [1.29, 1.82) is 0 Å². The molecule has 1 aliphatic heterocycles. The Labute approximate surface area is 179 Å². The molecule has 0 aliphatic carbocycles. The van der Waals surface area contributed by atoms with Crippen molar-refractivity contribution in [2.75, 3.05) is 24.5 Å². The van der Waals surface area contributed by atoms with E-state index >= 15 is 0 Å². The molecule has 1 N–H and O–H groups in total. The maximum atomic E-state index is 12.0. The van der Waals surface area contributed by atoms with E-state index in [-0.39, 0.29) is 9.33 Å². The number of nitrogens with one attached hydrogen (secondary N) is 1. The summed E-state index contributed by atoms with van der Waals surface area (Å²) in [5.74, 6) is 1.45. The molecule has 29 heavy (non-hydrogen) atoms. The fourth-order valence-electron chi connectivity index (χ4n) is 3.48. The van der Waals surface area contributed by atoms with Crippen molar-refractivity contribution in [2.24, 2.45) is 0 Å². The van der Waals surface area contributed by atoms with Crippen LogP contribution in [0.25, 0.3) is 0 Å². The van der Waals surface area contributed by atoms with Gasteiger partial charge in [0, 0.05) is 20.5 Å². The molecule has 1 amide bonds. The second-order valence-electron chi connectivity index (χ2n) is 7.76. The number of fused-ring (bicyclic) bond motifs is 1. The molecule has 0 saturated carbocycles. The molecule has 7 heteroatoms. The molecule has 1 unspecified atom stereocenters. The first-order chi connectivity index (χ1) is 13.7. The maximum absolute atomic E-state index is 12.0. The monoisotopic (exact) mass is 513 g/mol. The minimum absolute atomic E-state index is 0.0407. The van der Waals surface area contributed by atoms with Crippen LogP contribution in [0.3, 0.4) is 0 Å². The zero-order valence-corrected chi connectivity index (χ0v) is 19.8. The van der Waals surface area contributed by atoms with Gasteiger partial charge in [0.1, 0.15) is 0 Å². The van der Waals surface area contributed by atoms with E-state index < -0.39 is 26.0 Å². The zero-order valence-electron chi connectivity index (χ0n) is 17.7. The van der Waals surface area contributed by atoms with E-state index in [4.69, 9.17) is 17.3 Å². The molecule has 1 aliphatic rings. The van der Waals surface area contributed by atoms with E-state index in [1.165, 1.54) is 0 Å². The van der Waals surface area contributed by atoms with Gasteiger partial charge in [0.2, 0.25) is 0 Å². The third-order valence-corrected chi connectivity index (χ3v) is 7.98. The van der Waals surface area contributed by atoms with Gasteiger partial charge in [-0.25, -0.2) is 0 Å². The molecular formula is C22H28INO5. The first-order valence-corrected chi connectivity index (χ1v) is 13.4. The van der Waals surface area contributed by atoms with Crippen LogP contribution < -0.4 is 14.8 Å². The van der Waals surface area contributed by atoms with Gasteiger partial charge in [0.05, 0.1) is 0 Å². The molecule has 0 fully saturated rings. The van der Waals surface area contributed by atoms with E-state index in [0.29, 0.717) is 11.5 Å². The second-order valence-corrected chi connectivity index (χ2v) is 12.0. The van der Waals surface area contributed by atoms with Crippen molar-refractivity contribution in [3.8, 4) is 17.2 Å². The van der Waals surface area contributed by atoms with Gasteiger partial charge in [-0.2, -0.15) is 0 Å². The molecule has 1 heterocycles. The standard InChI is InChI=1S/C22H28INO5/c1-21(2)14-22(3,26-5)29-19-13-17(11-12-18(19)21)28-16-9-7-15(8-10-16)24-20(25)23(4)27-6/h7-13H,14H2,1-6H3,(H,24,25). The molecule has 6 nitrogen and oxygen atoms in total. The Balaban J connectivity index is 1.75. The van der Waals surface area contributed by atoms with Gasteiger partial charge in [0.25, 0.3) is 0 Å². The first kappa shape index (κ1) is 21.9. The van der Waals surface area contributed by atoms with Gasteiger partial charge in [-0.05, 0) is 0 Å². The summed E-state index contributed by atoms with van der Waals surface area (Å²) in [6.45, 7) is 6.32. The average molecular weight is 513 g/mol. The molecule has 158 valence electrons. The van der Waals surface area contributed by atoms with Gasteiger partial charge in [-0.15, -0.1) is 0 Å². The van der Waals surface area contributed by atoms with Crippen molar-refractivity contribution in [3.05, 3.63) is 48.0 Å². The number of hydrogen-bond acceptors (Lipinski definition) is 5. The molecule has 2 aromatic rings. The molecule has 2 aromatic carbocycles. The van der Waals surface area contributed by atoms with Crippen LogP contribution in [-0.4, -0.2) is 28.9 Å². The van der Waals surface area contributed by atoms with Crippen LogP contribution >= 0.6 is 20.2 Å². The van der Waals surface area contributed by atoms with Crippen molar-refractivity contribution < 1.29 is 22.1 Å². The van der Waals surface area contributed by atoms with Crippen molar-refractivity contribution >= 4 is 29.8 Å². The van der Waals surface area contributed by atoms with Gasteiger partial charge >= 0.3 is 141 Å². The number of rotatable bonds is 6. The fourth-order valence-corrected chi connectivity index (χ4v) is 4.57. The zero-order chi connectivity index (χ0) is 21.2. The third-order valence-electron chi connectivity index (χ3n) is 5.01. The predicted molar refractivity (Wildman–Crippen MR) is 123 cm³/mol. The summed E-state index contributed by atoms with van der Waals surface area (Å²) in [6, 6.07) is 13.2. The number of ether oxygens (including phenoxy) is 3. The summed E-state index contributed by atoms with van der Waals surface area (Å²) in [7, 11) is 3.23.